The highest BCUT2D eigenvalue weighted by Crippen LogP contribution is 2.28. The van der Waals surface area contributed by atoms with Gasteiger partial charge in [0.1, 0.15) is 5.60 Å². The van der Waals surface area contributed by atoms with Gasteiger partial charge in [-0.2, -0.15) is 0 Å². The second-order valence-corrected chi connectivity index (χ2v) is 3.19. The lowest BCUT2D eigenvalue weighted by Gasteiger charge is -2.35. The summed E-state index contributed by atoms with van der Waals surface area (Å²) in [7, 11) is 0. The van der Waals surface area contributed by atoms with E-state index in [9.17, 15) is 5.11 Å². The fraction of sp³-hybridized carbons (Fsp3) is 0.750. The Bertz CT molecular complexity index is 180. The van der Waals surface area contributed by atoms with Crippen LogP contribution >= 0.6 is 0 Å². The summed E-state index contributed by atoms with van der Waals surface area (Å²) >= 11 is 0. The van der Waals surface area contributed by atoms with Crippen LogP contribution in [0.15, 0.2) is 12.2 Å². The monoisotopic (exact) mass is 174 g/mol. The van der Waals surface area contributed by atoms with Crippen LogP contribution in [-0.2, 0) is 0 Å². The van der Waals surface area contributed by atoms with Gasteiger partial charge in [0, 0.05) is 12.5 Å². The molecule has 0 amide bonds. The number of rotatable bonds is 2. The topological polar surface area (TPSA) is 80.9 Å². The molecule has 0 spiro atoms. The van der Waals surface area contributed by atoms with Crippen molar-refractivity contribution in [3.8, 4) is 0 Å². The van der Waals surface area contributed by atoms with E-state index in [0.29, 0.717) is 0 Å². The van der Waals surface area contributed by atoms with Crippen molar-refractivity contribution in [3.05, 3.63) is 12.2 Å². The minimum atomic E-state index is -1.37. The lowest BCUT2D eigenvalue weighted by atomic mass is 9.80. The van der Waals surface area contributed by atoms with E-state index >= 15 is 0 Å². The van der Waals surface area contributed by atoms with Crippen molar-refractivity contribution >= 4 is 0 Å². The molecular weight excluding hydrogens is 160 g/mol. The van der Waals surface area contributed by atoms with Crippen LogP contribution in [-0.4, -0.2) is 45.3 Å². The number of aliphatic hydroxyl groups excluding tert-OH is 3. The first kappa shape index (κ1) is 9.67. The van der Waals surface area contributed by atoms with Gasteiger partial charge in [0.15, 0.2) is 0 Å². The first-order valence-corrected chi connectivity index (χ1v) is 3.94. The zero-order valence-electron chi connectivity index (χ0n) is 6.72. The summed E-state index contributed by atoms with van der Waals surface area (Å²) in [6.07, 6.45) is 2.43. The summed E-state index contributed by atoms with van der Waals surface area (Å²) in [5, 5.41) is 36.5. The zero-order valence-corrected chi connectivity index (χ0v) is 6.72. The van der Waals surface area contributed by atoms with Crippen LogP contribution in [0.5, 0.6) is 0 Å². The summed E-state index contributed by atoms with van der Waals surface area (Å²) in [5.41, 5.74) is -1.37. The molecule has 0 heterocycles. The molecule has 1 aliphatic carbocycles. The molecule has 12 heavy (non-hydrogen) atoms. The quantitative estimate of drug-likeness (QED) is 0.390. The van der Waals surface area contributed by atoms with Gasteiger partial charge in [-0.05, 0) is 6.42 Å². The highest BCUT2D eigenvalue weighted by Gasteiger charge is 2.37. The Morgan fingerprint density at radius 2 is 2.08 bits per heavy atom. The standard InChI is InChI=1S/C8H14O4/c9-4-6-3-7(11)1-2-8(6,12)5-10/h1-2,6-7,9-12H,3-5H2/t6-,7-,8-/m1/s1. The first-order valence-electron chi connectivity index (χ1n) is 3.94. The van der Waals surface area contributed by atoms with Crippen molar-refractivity contribution < 1.29 is 20.4 Å². The largest absolute Gasteiger partial charge is 0.396 e. The summed E-state index contributed by atoms with van der Waals surface area (Å²) in [6, 6.07) is 0. The fourth-order valence-electron chi connectivity index (χ4n) is 1.40. The Hall–Kier alpha value is -0.420. The fourth-order valence-corrected chi connectivity index (χ4v) is 1.40. The van der Waals surface area contributed by atoms with Crippen LogP contribution in [0.25, 0.3) is 0 Å². The molecule has 70 valence electrons. The molecule has 0 bridgehead atoms. The maximum atomic E-state index is 9.65. The van der Waals surface area contributed by atoms with Gasteiger partial charge in [0.2, 0.25) is 0 Å². The Morgan fingerprint density at radius 3 is 2.58 bits per heavy atom. The lowest BCUT2D eigenvalue weighted by Crippen LogP contribution is -2.45. The maximum Gasteiger partial charge on any atom is 0.111 e. The molecule has 3 atom stereocenters. The predicted octanol–water partition coefficient (Wildman–Crippen LogP) is -1.36. The van der Waals surface area contributed by atoms with Crippen LogP contribution in [0.4, 0.5) is 0 Å². The van der Waals surface area contributed by atoms with Gasteiger partial charge in [-0.3, -0.25) is 0 Å². The van der Waals surface area contributed by atoms with Gasteiger partial charge >= 0.3 is 0 Å². The molecule has 1 aliphatic rings. The lowest BCUT2D eigenvalue weighted by molar-refractivity contribution is -0.0598. The minimum absolute atomic E-state index is 0.238. The minimum Gasteiger partial charge on any atom is -0.396 e. The highest BCUT2D eigenvalue weighted by molar-refractivity contribution is 5.11. The van der Waals surface area contributed by atoms with Gasteiger partial charge in [0.05, 0.1) is 12.7 Å². The average Bonchev–Trinajstić information content (AvgIpc) is 2.09. The molecule has 4 N–H and O–H groups in total. The van der Waals surface area contributed by atoms with Crippen molar-refractivity contribution in [2.45, 2.75) is 18.1 Å². The summed E-state index contributed by atoms with van der Waals surface area (Å²) < 4.78 is 0. The third-order valence-corrected chi connectivity index (χ3v) is 2.31. The molecule has 1 rings (SSSR count). The van der Waals surface area contributed by atoms with Gasteiger partial charge in [-0.15, -0.1) is 0 Å². The van der Waals surface area contributed by atoms with Crippen LogP contribution in [0, 0.1) is 5.92 Å². The second kappa shape index (κ2) is 3.53. The molecule has 0 aromatic carbocycles. The third-order valence-electron chi connectivity index (χ3n) is 2.31. The average molecular weight is 174 g/mol. The van der Waals surface area contributed by atoms with Gasteiger partial charge in [-0.25, -0.2) is 0 Å². The van der Waals surface area contributed by atoms with Crippen molar-refractivity contribution in [1.29, 1.82) is 0 Å². The number of hydrogen-bond acceptors (Lipinski definition) is 4. The first-order chi connectivity index (χ1) is 5.62. The molecule has 0 aromatic rings. The predicted molar refractivity (Wildman–Crippen MR) is 42.4 cm³/mol. The Balaban J connectivity index is 2.77. The molecule has 0 fully saturated rings. The molecule has 4 heteroatoms. The molecule has 0 aliphatic heterocycles. The van der Waals surface area contributed by atoms with E-state index in [1.165, 1.54) is 12.2 Å². The molecule has 0 radical (unpaired) electrons. The van der Waals surface area contributed by atoms with Gasteiger partial charge in [0.25, 0.3) is 0 Å². The molecular formula is C8H14O4. The van der Waals surface area contributed by atoms with Gasteiger partial charge < -0.3 is 20.4 Å². The normalized spacial score (nSPS) is 41.7. The molecule has 0 aromatic heterocycles. The molecule has 0 saturated carbocycles. The van der Waals surface area contributed by atoms with E-state index < -0.39 is 24.2 Å². The van der Waals surface area contributed by atoms with Crippen LogP contribution < -0.4 is 0 Å². The molecule has 4 nitrogen and oxygen atoms in total. The van der Waals surface area contributed by atoms with Crippen molar-refractivity contribution in [3.63, 3.8) is 0 Å². The van der Waals surface area contributed by atoms with Crippen LogP contribution in [0.2, 0.25) is 0 Å². The Kier molecular flexibility index (Phi) is 2.85. The smallest absolute Gasteiger partial charge is 0.111 e. The summed E-state index contributed by atoms with van der Waals surface area (Å²) in [5.74, 6) is -0.484. The third kappa shape index (κ3) is 1.67. The van der Waals surface area contributed by atoms with E-state index in [1.54, 1.807) is 0 Å². The van der Waals surface area contributed by atoms with Gasteiger partial charge in [-0.1, -0.05) is 12.2 Å². The Labute approximate surface area is 70.8 Å². The van der Waals surface area contributed by atoms with Crippen LogP contribution in [0.1, 0.15) is 6.42 Å². The Morgan fingerprint density at radius 1 is 1.42 bits per heavy atom. The second-order valence-electron chi connectivity index (χ2n) is 3.19. The highest BCUT2D eigenvalue weighted by atomic mass is 16.3. The summed E-state index contributed by atoms with van der Waals surface area (Å²) in [4.78, 5) is 0. The molecule has 0 saturated heterocycles. The van der Waals surface area contributed by atoms with Crippen molar-refractivity contribution in [2.75, 3.05) is 13.2 Å². The van der Waals surface area contributed by atoms with E-state index in [0.717, 1.165) is 0 Å². The van der Waals surface area contributed by atoms with E-state index in [1.807, 2.05) is 0 Å². The molecule has 0 unspecified atom stereocenters. The van der Waals surface area contributed by atoms with E-state index in [4.69, 9.17) is 15.3 Å². The summed E-state index contributed by atoms with van der Waals surface area (Å²) in [6.45, 7) is -0.667. The van der Waals surface area contributed by atoms with Crippen molar-refractivity contribution in [2.24, 2.45) is 5.92 Å². The van der Waals surface area contributed by atoms with Crippen molar-refractivity contribution in [1.82, 2.24) is 0 Å². The van der Waals surface area contributed by atoms with E-state index in [2.05, 4.69) is 0 Å². The number of hydrogen-bond donors (Lipinski definition) is 4. The van der Waals surface area contributed by atoms with E-state index in [-0.39, 0.29) is 13.0 Å². The zero-order chi connectivity index (χ0) is 9.19. The van der Waals surface area contributed by atoms with Crippen LogP contribution in [0.3, 0.4) is 0 Å². The SMILES string of the molecule is OC[C@H]1C[C@H](O)C=C[C@@]1(O)CO. The maximum absolute atomic E-state index is 9.65. The number of aliphatic hydroxyl groups is 4.